The Morgan fingerprint density at radius 3 is 2.40 bits per heavy atom. The van der Waals surface area contributed by atoms with E-state index in [0.717, 1.165) is 18.9 Å². The van der Waals surface area contributed by atoms with Gasteiger partial charge in [0.05, 0.1) is 5.38 Å². The van der Waals surface area contributed by atoms with Crippen molar-refractivity contribution in [3.8, 4) is 0 Å². The van der Waals surface area contributed by atoms with Crippen molar-refractivity contribution in [2.75, 3.05) is 0 Å². The summed E-state index contributed by atoms with van der Waals surface area (Å²) in [6.07, 6.45) is 4.42. The lowest BCUT2D eigenvalue weighted by Gasteiger charge is -2.02. The number of benzene rings is 1. The number of halogens is 3. The molecule has 0 amide bonds. The first kappa shape index (κ1) is 10.6. The summed E-state index contributed by atoms with van der Waals surface area (Å²) in [5.41, 5.74) is 1.84. The van der Waals surface area contributed by atoms with Crippen molar-refractivity contribution in [3.05, 3.63) is 47.0 Å². The van der Waals surface area contributed by atoms with Crippen LogP contribution < -0.4 is 0 Å². The Hall–Kier alpha value is -0.890. The molecule has 1 unspecified atom stereocenters. The van der Waals surface area contributed by atoms with Crippen molar-refractivity contribution in [1.82, 2.24) is 0 Å². The summed E-state index contributed by atoms with van der Waals surface area (Å²) < 4.78 is 25.8. The Morgan fingerprint density at radius 1 is 1.20 bits per heavy atom. The number of allylic oxidation sites excluding steroid dienone is 2. The third-order valence-electron chi connectivity index (χ3n) is 2.51. The summed E-state index contributed by atoms with van der Waals surface area (Å²) in [7, 11) is 0. The minimum absolute atomic E-state index is 0.0819. The first-order valence-corrected chi connectivity index (χ1v) is 5.36. The molecule has 0 heterocycles. The largest absolute Gasteiger partial charge is 0.207 e. The molecule has 0 aromatic heterocycles. The molecule has 0 N–H and O–H groups in total. The molecule has 2 rings (SSSR count). The van der Waals surface area contributed by atoms with Crippen molar-refractivity contribution in [2.24, 2.45) is 0 Å². The van der Waals surface area contributed by atoms with E-state index >= 15 is 0 Å². The molecule has 0 nitrogen and oxygen atoms in total. The standard InChI is InChI=1S/C12H11ClF2/c13-10-2-1-8(4-10)3-9-5-11(14)7-12(15)6-9/h4-7,10H,1-3H2. The lowest BCUT2D eigenvalue weighted by atomic mass is 10.0. The summed E-state index contributed by atoms with van der Waals surface area (Å²) in [5, 5.41) is 0.0819. The van der Waals surface area contributed by atoms with Gasteiger partial charge in [0.1, 0.15) is 11.6 Å². The van der Waals surface area contributed by atoms with Gasteiger partial charge in [-0.15, -0.1) is 11.6 Å². The molecule has 0 spiro atoms. The third-order valence-corrected chi connectivity index (χ3v) is 2.86. The highest BCUT2D eigenvalue weighted by Crippen LogP contribution is 2.25. The second-order valence-electron chi connectivity index (χ2n) is 3.83. The van der Waals surface area contributed by atoms with Crippen LogP contribution in [-0.2, 0) is 6.42 Å². The lowest BCUT2D eigenvalue weighted by Crippen LogP contribution is -1.91. The molecule has 1 atom stereocenters. The minimum Gasteiger partial charge on any atom is -0.207 e. The van der Waals surface area contributed by atoms with Gasteiger partial charge in [-0.2, -0.15) is 0 Å². The van der Waals surface area contributed by atoms with Gasteiger partial charge in [0, 0.05) is 6.07 Å². The first-order valence-electron chi connectivity index (χ1n) is 4.92. The van der Waals surface area contributed by atoms with Gasteiger partial charge in [0.25, 0.3) is 0 Å². The van der Waals surface area contributed by atoms with Gasteiger partial charge in [0.15, 0.2) is 0 Å². The summed E-state index contributed by atoms with van der Waals surface area (Å²) in [6, 6.07) is 3.62. The van der Waals surface area contributed by atoms with Gasteiger partial charge in [0.2, 0.25) is 0 Å². The van der Waals surface area contributed by atoms with Crippen LogP contribution in [0.15, 0.2) is 29.8 Å². The highest BCUT2D eigenvalue weighted by Gasteiger charge is 2.13. The molecule has 15 heavy (non-hydrogen) atoms. The molecule has 1 aromatic carbocycles. The zero-order valence-corrected chi connectivity index (χ0v) is 8.90. The highest BCUT2D eigenvalue weighted by molar-refractivity contribution is 6.22. The second kappa shape index (κ2) is 4.31. The molecule has 80 valence electrons. The van der Waals surface area contributed by atoms with Crippen LogP contribution in [0, 0.1) is 11.6 Å². The van der Waals surface area contributed by atoms with Crippen molar-refractivity contribution in [2.45, 2.75) is 24.6 Å². The Balaban J connectivity index is 2.14. The van der Waals surface area contributed by atoms with Gasteiger partial charge < -0.3 is 0 Å². The molecule has 0 aliphatic heterocycles. The zero-order valence-electron chi connectivity index (χ0n) is 8.14. The Labute approximate surface area is 92.6 Å². The maximum atomic E-state index is 12.9. The van der Waals surface area contributed by atoms with E-state index in [0.29, 0.717) is 12.0 Å². The normalized spacial score (nSPS) is 20.5. The van der Waals surface area contributed by atoms with Crippen LogP contribution in [0.2, 0.25) is 0 Å². The molecule has 0 fully saturated rings. The third kappa shape index (κ3) is 2.78. The predicted molar refractivity (Wildman–Crippen MR) is 57.0 cm³/mol. The summed E-state index contributed by atoms with van der Waals surface area (Å²) in [5.74, 6) is -1.04. The fourth-order valence-corrected chi connectivity index (χ4v) is 2.16. The topological polar surface area (TPSA) is 0 Å². The maximum absolute atomic E-state index is 12.9. The van der Waals surface area contributed by atoms with E-state index in [1.165, 1.54) is 17.7 Å². The molecule has 1 aromatic rings. The summed E-state index contributed by atoms with van der Waals surface area (Å²) in [4.78, 5) is 0. The van der Waals surface area contributed by atoms with Gasteiger partial charge in [-0.1, -0.05) is 11.6 Å². The molecular formula is C12H11ClF2. The fraction of sp³-hybridized carbons (Fsp3) is 0.333. The van der Waals surface area contributed by atoms with E-state index in [1.807, 2.05) is 6.08 Å². The van der Waals surface area contributed by atoms with Crippen LogP contribution in [0.25, 0.3) is 0 Å². The fourth-order valence-electron chi connectivity index (χ4n) is 1.87. The summed E-state index contributed by atoms with van der Waals surface area (Å²) >= 11 is 5.91. The zero-order chi connectivity index (χ0) is 10.8. The van der Waals surface area contributed by atoms with E-state index in [4.69, 9.17) is 11.6 Å². The molecule has 0 saturated heterocycles. The van der Waals surface area contributed by atoms with Gasteiger partial charge >= 0.3 is 0 Å². The van der Waals surface area contributed by atoms with Crippen molar-refractivity contribution < 1.29 is 8.78 Å². The van der Waals surface area contributed by atoms with Gasteiger partial charge in [-0.3, -0.25) is 0 Å². The molecule has 3 heteroatoms. The Morgan fingerprint density at radius 2 is 1.87 bits per heavy atom. The van der Waals surface area contributed by atoms with E-state index in [9.17, 15) is 8.78 Å². The van der Waals surface area contributed by atoms with Crippen LogP contribution in [0.5, 0.6) is 0 Å². The van der Waals surface area contributed by atoms with Crippen molar-refractivity contribution in [3.63, 3.8) is 0 Å². The molecule has 0 bridgehead atoms. The van der Waals surface area contributed by atoms with Crippen LogP contribution in [0.3, 0.4) is 0 Å². The minimum atomic E-state index is -0.522. The van der Waals surface area contributed by atoms with E-state index in [1.54, 1.807) is 0 Å². The maximum Gasteiger partial charge on any atom is 0.126 e. The molecule has 1 aliphatic rings. The lowest BCUT2D eigenvalue weighted by molar-refractivity contribution is 0.580. The summed E-state index contributed by atoms with van der Waals surface area (Å²) in [6.45, 7) is 0. The molecule has 1 aliphatic carbocycles. The number of hydrogen-bond acceptors (Lipinski definition) is 0. The van der Waals surface area contributed by atoms with Crippen LogP contribution in [0.1, 0.15) is 18.4 Å². The van der Waals surface area contributed by atoms with Gasteiger partial charge in [-0.25, -0.2) is 8.78 Å². The van der Waals surface area contributed by atoms with Crippen LogP contribution in [-0.4, -0.2) is 5.38 Å². The van der Waals surface area contributed by atoms with Gasteiger partial charge in [-0.05, 0) is 37.0 Å². The van der Waals surface area contributed by atoms with Crippen molar-refractivity contribution >= 4 is 11.6 Å². The molecule has 0 radical (unpaired) electrons. The molecule has 0 saturated carbocycles. The van der Waals surface area contributed by atoms with Crippen molar-refractivity contribution in [1.29, 1.82) is 0 Å². The number of alkyl halides is 1. The second-order valence-corrected chi connectivity index (χ2v) is 4.39. The van der Waals surface area contributed by atoms with Crippen LogP contribution >= 0.6 is 11.6 Å². The van der Waals surface area contributed by atoms with E-state index in [2.05, 4.69) is 0 Å². The first-order chi connectivity index (χ1) is 7.13. The highest BCUT2D eigenvalue weighted by atomic mass is 35.5. The Bertz CT molecular complexity index is 378. The number of rotatable bonds is 2. The smallest absolute Gasteiger partial charge is 0.126 e. The van der Waals surface area contributed by atoms with E-state index in [-0.39, 0.29) is 5.38 Å². The molecular weight excluding hydrogens is 218 g/mol. The SMILES string of the molecule is Fc1cc(F)cc(CC2=CC(Cl)CC2)c1. The Kier molecular flexibility index (Phi) is 3.06. The van der Waals surface area contributed by atoms with Crippen LogP contribution in [0.4, 0.5) is 8.78 Å². The quantitative estimate of drug-likeness (QED) is 0.533. The average Bonchev–Trinajstić information content (AvgIpc) is 2.49. The number of hydrogen-bond donors (Lipinski definition) is 0. The predicted octanol–water partition coefficient (Wildman–Crippen LogP) is 3.83. The van der Waals surface area contributed by atoms with E-state index < -0.39 is 11.6 Å². The monoisotopic (exact) mass is 228 g/mol. The average molecular weight is 229 g/mol.